The fourth-order valence-electron chi connectivity index (χ4n) is 3.60. The maximum atomic E-state index is 12.7. The number of hydrogen-bond acceptors (Lipinski definition) is 3. The summed E-state index contributed by atoms with van der Waals surface area (Å²) >= 11 is 0. The van der Waals surface area contributed by atoms with E-state index >= 15 is 0 Å². The van der Waals surface area contributed by atoms with E-state index in [1.807, 2.05) is 24.0 Å². The van der Waals surface area contributed by atoms with Gasteiger partial charge in [-0.3, -0.25) is 9.59 Å². The molecule has 0 aromatic heterocycles. The molecule has 2 heterocycles. The molecule has 1 aromatic carbocycles. The molecule has 130 valence electrons. The molecule has 0 saturated carbocycles. The molecule has 2 aliphatic heterocycles. The predicted octanol–water partition coefficient (Wildman–Crippen LogP) is 1.98. The van der Waals surface area contributed by atoms with Crippen molar-refractivity contribution in [3.8, 4) is 0 Å². The lowest BCUT2D eigenvalue weighted by Crippen LogP contribution is -2.58. The molecule has 0 spiro atoms. The van der Waals surface area contributed by atoms with E-state index in [4.69, 9.17) is 4.74 Å². The van der Waals surface area contributed by atoms with E-state index in [0.717, 1.165) is 18.4 Å². The highest BCUT2D eigenvalue weighted by Gasteiger charge is 2.37. The van der Waals surface area contributed by atoms with Gasteiger partial charge in [0.15, 0.2) is 0 Å². The Labute approximate surface area is 143 Å². The van der Waals surface area contributed by atoms with Gasteiger partial charge < -0.3 is 14.5 Å². The van der Waals surface area contributed by atoms with Crippen molar-refractivity contribution in [1.82, 2.24) is 9.80 Å². The van der Waals surface area contributed by atoms with Gasteiger partial charge in [0.05, 0.1) is 0 Å². The predicted molar refractivity (Wildman–Crippen MR) is 91.3 cm³/mol. The topological polar surface area (TPSA) is 49.9 Å². The second-order valence-electron chi connectivity index (χ2n) is 6.84. The van der Waals surface area contributed by atoms with E-state index < -0.39 is 0 Å². The fraction of sp³-hybridized carbons (Fsp3) is 0.579. The van der Waals surface area contributed by atoms with Crippen LogP contribution in [0.3, 0.4) is 0 Å². The molecule has 0 radical (unpaired) electrons. The zero-order valence-electron chi connectivity index (χ0n) is 14.5. The summed E-state index contributed by atoms with van der Waals surface area (Å²) in [4.78, 5) is 29.1. The first kappa shape index (κ1) is 17.0. The average Bonchev–Trinajstić information content (AvgIpc) is 2.59. The van der Waals surface area contributed by atoms with E-state index in [1.54, 1.807) is 4.90 Å². The Hall–Kier alpha value is -1.88. The van der Waals surface area contributed by atoms with Gasteiger partial charge in [-0.15, -0.1) is 0 Å². The standard InChI is InChI=1S/C19H26N2O3/c1-14-4-3-5-16(12-14)13-20-8-9-21(15(2)18(20)22)19(23)17-6-10-24-11-7-17/h3-5,12,15,17H,6-11,13H2,1-2H3. The first-order valence-corrected chi connectivity index (χ1v) is 8.79. The molecule has 2 amide bonds. The molecule has 5 nitrogen and oxygen atoms in total. The fourth-order valence-corrected chi connectivity index (χ4v) is 3.60. The van der Waals surface area contributed by atoms with Crippen LogP contribution in [0.4, 0.5) is 0 Å². The number of benzene rings is 1. The van der Waals surface area contributed by atoms with Crippen molar-refractivity contribution in [2.24, 2.45) is 5.92 Å². The van der Waals surface area contributed by atoms with Crippen LogP contribution in [0.25, 0.3) is 0 Å². The first-order valence-electron chi connectivity index (χ1n) is 8.79. The summed E-state index contributed by atoms with van der Waals surface area (Å²) in [7, 11) is 0. The van der Waals surface area contributed by atoms with Gasteiger partial charge in [-0.05, 0) is 32.3 Å². The normalized spacial score (nSPS) is 22.8. The minimum Gasteiger partial charge on any atom is -0.381 e. The lowest BCUT2D eigenvalue weighted by atomic mass is 9.97. The number of carbonyl (C=O) groups is 2. The monoisotopic (exact) mass is 330 g/mol. The molecule has 3 rings (SSSR count). The van der Waals surface area contributed by atoms with Crippen molar-refractivity contribution < 1.29 is 14.3 Å². The van der Waals surface area contributed by atoms with Crippen LogP contribution in [-0.2, 0) is 20.9 Å². The van der Waals surface area contributed by atoms with Gasteiger partial charge in [0.25, 0.3) is 0 Å². The molecule has 24 heavy (non-hydrogen) atoms. The van der Waals surface area contributed by atoms with Crippen molar-refractivity contribution in [1.29, 1.82) is 0 Å². The second kappa shape index (κ2) is 7.34. The Kier molecular flexibility index (Phi) is 5.19. The summed E-state index contributed by atoms with van der Waals surface area (Å²) in [6, 6.07) is 7.85. The third-order valence-corrected chi connectivity index (χ3v) is 5.06. The lowest BCUT2D eigenvalue weighted by Gasteiger charge is -2.41. The SMILES string of the molecule is Cc1cccc(CN2CCN(C(=O)C3CCOCC3)C(C)C2=O)c1. The third-order valence-electron chi connectivity index (χ3n) is 5.06. The molecule has 1 aromatic rings. The number of rotatable bonds is 3. The van der Waals surface area contributed by atoms with Crippen LogP contribution < -0.4 is 0 Å². The molecule has 0 bridgehead atoms. The number of amides is 2. The van der Waals surface area contributed by atoms with Gasteiger partial charge in [0, 0.05) is 38.8 Å². The summed E-state index contributed by atoms with van der Waals surface area (Å²) < 4.78 is 5.33. The van der Waals surface area contributed by atoms with Crippen molar-refractivity contribution in [2.45, 2.75) is 39.3 Å². The maximum Gasteiger partial charge on any atom is 0.245 e. The Morgan fingerprint density at radius 3 is 2.71 bits per heavy atom. The van der Waals surface area contributed by atoms with Gasteiger partial charge in [0.2, 0.25) is 11.8 Å². The zero-order valence-corrected chi connectivity index (χ0v) is 14.5. The van der Waals surface area contributed by atoms with Crippen molar-refractivity contribution >= 4 is 11.8 Å². The van der Waals surface area contributed by atoms with Gasteiger partial charge in [-0.1, -0.05) is 29.8 Å². The Morgan fingerprint density at radius 2 is 2.00 bits per heavy atom. The van der Waals surface area contributed by atoms with E-state index in [1.165, 1.54) is 5.56 Å². The highest BCUT2D eigenvalue weighted by molar-refractivity contribution is 5.89. The maximum absolute atomic E-state index is 12.7. The number of aryl methyl sites for hydroxylation is 1. The van der Waals surface area contributed by atoms with Crippen molar-refractivity contribution in [3.63, 3.8) is 0 Å². The highest BCUT2D eigenvalue weighted by Crippen LogP contribution is 2.22. The zero-order chi connectivity index (χ0) is 17.1. The summed E-state index contributed by atoms with van der Waals surface area (Å²) in [5.74, 6) is 0.176. The summed E-state index contributed by atoms with van der Waals surface area (Å²) in [5.41, 5.74) is 2.33. The molecule has 1 unspecified atom stereocenters. The molecule has 2 aliphatic rings. The second-order valence-corrected chi connectivity index (χ2v) is 6.84. The highest BCUT2D eigenvalue weighted by atomic mass is 16.5. The van der Waals surface area contributed by atoms with E-state index in [9.17, 15) is 9.59 Å². The number of hydrogen-bond donors (Lipinski definition) is 0. The number of carbonyl (C=O) groups excluding carboxylic acids is 2. The summed E-state index contributed by atoms with van der Waals surface area (Å²) in [5, 5.41) is 0. The van der Waals surface area contributed by atoms with E-state index in [2.05, 4.69) is 19.1 Å². The molecule has 1 atom stereocenters. The number of nitrogens with zero attached hydrogens (tertiary/aromatic N) is 2. The quantitative estimate of drug-likeness (QED) is 0.851. The molecule has 2 saturated heterocycles. The van der Waals surface area contributed by atoms with Crippen LogP contribution in [-0.4, -0.2) is 54.0 Å². The molecular weight excluding hydrogens is 304 g/mol. The van der Waals surface area contributed by atoms with Crippen LogP contribution in [0.2, 0.25) is 0 Å². The molecule has 5 heteroatoms. The number of ether oxygens (including phenoxy) is 1. The van der Waals surface area contributed by atoms with Crippen LogP contribution >= 0.6 is 0 Å². The molecule has 2 fully saturated rings. The smallest absolute Gasteiger partial charge is 0.245 e. The van der Waals surface area contributed by atoms with Crippen LogP contribution in [0.5, 0.6) is 0 Å². The Balaban J connectivity index is 1.63. The first-order chi connectivity index (χ1) is 11.6. The van der Waals surface area contributed by atoms with Gasteiger partial charge >= 0.3 is 0 Å². The lowest BCUT2D eigenvalue weighted by molar-refractivity contribution is -0.154. The van der Waals surface area contributed by atoms with Crippen LogP contribution in [0.15, 0.2) is 24.3 Å². The number of piperazine rings is 1. The minimum absolute atomic E-state index is 0.0114. The van der Waals surface area contributed by atoms with Gasteiger partial charge in [-0.25, -0.2) is 0 Å². The third kappa shape index (κ3) is 3.61. The van der Waals surface area contributed by atoms with Crippen molar-refractivity contribution in [3.05, 3.63) is 35.4 Å². The van der Waals surface area contributed by atoms with Gasteiger partial charge in [-0.2, -0.15) is 0 Å². The summed E-state index contributed by atoms with van der Waals surface area (Å²) in [6.45, 7) is 7.03. The average molecular weight is 330 g/mol. The molecule has 0 N–H and O–H groups in total. The van der Waals surface area contributed by atoms with Crippen molar-refractivity contribution in [2.75, 3.05) is 26.3 Å². The van der Waals surface area contributed by atoms with Crippen LogP contribution in [0, 0.1) is 12.8 Å². The minimum atomic E-state index is -0.376. The largest absolute Gasteiger partial charge is 0.381 e. The van der Waals surface area contributed by atoms with E-state index in [-0.39, 0.29) is 23.8 Å². The summed E-state index contributed by atoms with van der Waals surface area (Å²) in [6.07, 6.45) is 1.53. The molecule has 0 aliphatic carbocycles. The Morgan fingerprint density at radius 1 is 1.25 bits per heavy atom. The Bertz CT molecular complexity index is 610. The van der Waals surface area contributed by atoms with Gasteiger partial charge in [0.1, 0.15) is 6.04 Å². The van der Waals surface area contributed by atoms with Crippen LogP contribution in [0.1, 0.15) is 30.9 Å². The van der Waals surface area contributed by atoms with E-state index in [0.29, 0.717) is 32.8 Å². The molecular formula is C19H26N2O3.